The Morgan fingerprint density at radius 1 is 1.33 bits per heavy atom. The Bertz CT molecular complexity index is 361. The number of aliphatic imine (C=N–C) groups is 1. The van der Waals surface area contributed by atoms with Crippen molar-refractivity contribution in [3.63, 3.8) is 0 Å². The number of nitrogens with zero attached hydrogens (tertiary/aromatic N) is 1. The lowest BCUT2D eigenvalue weighted by molar-refractivity contribution is 0.628. The molecule has 0 spiro atoms. The molecule has 0 unspecified atom stereocenters. The maximum absolute atomic E-state index is 12.8. The van der Waals surface area contributed by atoms with E-state index in [1.807, 2.05) is 0 Å². The molecule has 0 amide bonds. The summed E-state index contributed by atoms with van der Waals surface area (Å²) in [5, 5.41) is 2.30. The van der Waals surface area contributed by atoms with Gasteiger partial charge in [0.15, 0.2) is 0 Å². The molecule has 0 heterocycles. The summed E-state index contributed by atoms with van der Waals surface area (Å²) < 4.78 is 12.8. The number of thiocarbonyl (C=S) groups is 1. The van der Waals surface area contributed by atoms with Gasteiger partial charge in [0, 0.05) is 6.07 Å². The molecule has 0 aliphatic heterocycles. The highest BCUT2D eigenvalue weighted by Crippen LogP contribution is 2.29. The second kappa shape index (κ2) is 3.97. The summed E-state index contributed by atoms with van der Waals surface area (Å²) in [6, 6.07) is 2.37. The first-order valence-corrected chi connectivity index (χ1v) is 4.04. The highest BCUT2D eigenvalue weighted by atomic mass is 35.5. The van der Waals surface area contributed by atoms with Crippen molar-refractivity contribution in [2.75, 3.05) is 0 Å². The van der Waals surface area contributed by atoms with Gasteiger partial charge < -0.3 is 0 Å². The van der Waals surface area contributed by atoms with Crippen molar-refractivity contribution in [1.82, 2.24) is 0 Å². The first-order chi connectivity index (χ1) is 5.65. The summed E-state index contributed by atoms with van der Waals surface area (Å²) in [6.07, 6.45) is 0. The zero-order valence-corrected chi connectivity index (χ0v) is 7.97. The van der Waals surface area contributed by atoms with Gasteiger partial charge in [-0.05, 0) is 18.3 Å². The van der Waals surface area contributed by atoms with Crippen LogP contribution in [-0.4, -0.2) is 5.16 Å². The summed E-state index contributed by atoms with van der Waals surface area (Å²) in [5.74, 6) is -0.579. The predicted octanol–water partition coefficient (Wildman–Crippen LogP) is 3.87. The van der Waals surface area contributed by atoms with E-state index in [0.29, 0.717) is 0 Å². The van der Waals surface area contributed by atoms with E-state index in [4.69, 9.17) is 23.2 Å². The minimum Gasteiger partial charge on any atom is -0.205 e. The zero-order valence-electron chi connectivity index (χ0n) is 5.64. The summed E-state index contributed by atoms with van der Waals surface area (Å²) in [6.45, 7) is 0. The summed E-state index contributed by atoms with van der Waals surface area (Å²) in [4.78, 5) is 3.54. The monoisotopic (exact) mass is 221 g/mol. The van der Waals surface area contributed by atoms with Crippen LogP contribution < -0.4 is 0 Å². The standard InChI is InChI=1S/C7H2Cl2FNS/c8-4-1-5(9)7(11-3-12)2-6(4)10/h1-2H. The molecule has 1 aromatic carbocycles. The smallest absolute Gasteiger partial charge is 0.144 e. The number of hydrogen-bond acceptors (Lipinski definition) is 2. The van der Waals surface area contributed by atoms with Crippen LogP contribution in [0.5, 0.6) is 0 Å². The predicted molar refractivity (Wildman–Crippen MR) is 51.1 cm³/mol. The van der Waals surface area contributed by atoms with Gasteiger partial charge in [0.2, 0.25) is 0 Å². The fraction of sp³-hybridized carbons (Fsp3) is 0. The van der Waals surface area contributed by atoms with Crippen molar-refractivity contribution in [3.8, 4) is 0 Å². The molecule has 12 heavy (non-hydrogen) atoms. The summed E-state index contributed by atoms with van der Waals surface area (Å²) >= 11 is 15.4. The van der Waals surface area contributed by atoms with Crippen LogP contribution in [0.3, 0.4) is 0 Å². The molecule has 0 N–H and O–H groups in total. The molecule has 62 valence electrons. The van der Waals surface area contributed by atoms with Crippen LogP contribution in [0.15, 0.2) is 17.1 Å². The largest absolute Gasteiger partial charge is 0.205 e. The molecular formula is C7H2Cl2FNS. The minimum atomic E-state index is -0.579. The second-order valence-corrected chi connectivity index (χ2v) is 2.92. The summed E-state index contributed by atoms with van der Waals surface area (Å²) in [7, 11) is 0. The Hall–Kier alpha value is -0.470. The third kappa shape index (κ3) is 2.02. The third-order valence-electron chi connectivity index (χ3n) is 1.16. The molecule has 0 bridgehead atoms. The van der Waals surface area contributed by atoms with Gasteiger partial charge in [-0.15, -0.1) is 0 Å². The topological polar surface area (TPSA) is 12.4 Å². The van der Waals surface area contributed by atoms with E-state index in [-0.39, 0.29) is 15.7 Å². The molecule has 0 saturated heterocycles. The molecule has 1 nitrogen and oxygen atoms in total. The van der Waals surface area contributed by atoms with Crippen LogP contribution >= 0.6 is 35.4 Å². The van der Waals surface area contributed by atoms with Gasteiger partial charge in [-0.1, -0.05) is 23.2 Å². The van der Waals surface area contributed by atoms with Gasteiger partial charge in [-0.2, -0.15) is 4.99 Å². The molecule has 0 fully saturated rings. The fourth-order valence-corrected chi connectivity index (χ4v) is 1.17. The van der Waals surface area contributed by atoms with Crippen molar-refractivity contribution >= 4 is 46.3 Å². The van der Waals surface area contributed by atoms with Gasteiger partial charge in [-0.25, -0.2) is 4.39 Å². The van der Waals surface area contributed by atoms with Gasteiger partial charge in [0.05, 0.1) is 20.9 Å². The molecular weight excluding hydrogens is 220 g/mol. The Kier molecular flexibility index (Phi) is 3.18. The number of isothiocyanates is 1. The molecule has 0 aromatic heterocycles. The van der Waals surface area contributed by atoms with E-state index < -0.39 is 5.82 Å². The highest BCUT2D eigenvalue weighted by Gasteiger charge is 2.05. The molecule has 5 heteroatoms. The van der Waals surface area contributed by atoms with Crippen LogP contribution in [-0.2, 0) is 0 Å². The third-order valence-corrected chi connectivity index (χ3v) is 1.84. The van der Waals surface area contributed by atoms with Crippen molar-refractivity contribution < 1.29 is 4.39 Å². The molecule has 0 aliphatic carbocycles. The van der Waals surface area contributed by atoms with Crippen molar-refractivity contribution in [3.05, 3.63) is 28.0 Å². The van der Waals surface area contributed by atoms with Crippen LogP contribution in [0.1, 0.15) is 0 Å². The Morgan fingerprint density at radius 2 is 2.00 bits per heavy atom. The first-order valence-electron chi connectivity index (χ1n) is 2.87. The van der Waals surface area contributed by atoms with Crippen LogP contribution in [0.4, 0.5) is 10.1 Å². The van der Waals surface area contributed by atoms with E-state index in [1.165, 1.54) is 6.07 Å². The lowest BCUT2D eigenvalue weighted by atomic mass is 10.3. The number of hydrogen-bond donors (Lipinski definition) is 0. The van der Waals surface area contributed by atoms with Crippen LogP contribution in [0.2, 0.25) is 10.0 Å². The average Bonchev–Trinajstić information content (AvgIpc) is 2.01. The zero-order chi connectivity index (χ0) is 9.14. The van der Waals surface area contributed by atoms with Gasteiger partial charge in [-0.3, -0.25) is 0 Å². The van der Waals surface area contributed by atoms with E-state index in [1.54, 1.807) is 0 Å². The Morgan fingerprint density at radius 3 is 2.58 bits per heavy atom. The number of benzene rings is 1. The second-order valence-electron chi connectivity index (χ2n) is 1.92. The Labute approximate surface area is 83.8 Å². The van der Waals surface area contributed by atoms with E-state index in [0.717, 1.165) is 6.07 Å². The number of halogens is 3. The summed E-state index contributed by atoms with van der Waals surface area (Å²) in [5.41, 5.74) is 0.230. The van der Waals surface area contributed by atoms with Crippen LogP contribution in [0, 0.1) is 5.82 Å². The molecule has 0 aliphatic rings. The molecule has 0 atom stereocenters. The van der Waals surface area contributed by atoms with Gasteiger partial charge >= 0.3 is 0 Å². The van der Waals surface area contributed by atoms with E-state index >= 15 is 0 Å². The number of rotatable bonds is 1. The molecule has 1 aromatic rings. The SMILES string of the molecule is Fc1cc(N=C=S)c(Cl)cc1Cl. The normalized spacial score (nSPS) is 9.25. The Balaban J connectivity index is 3.32. The lowest BCUT2D eigenvalue weighted by Gasteiger charge is -1.97. The van der Waals surface area contributed by atoms with Crippen molar-refractivity contribution in [2.45, 2.75) is 0 Å². The average molecular weight is 222 g/mol. The molecule has 0 saturated carbocycles. The maximum Gasteiger partial charge on any atom is 0.144 e. The van der Waals surface area contributed by atoms with Gasteiger partial charge in [0.1, 0.15) is 5.82 Å². The molecule has 0 radical (unpaired) electrons. The van der Waals surface area contributed by atoms with E-state index in [9.17, 15) is 4.39 Å². The fourth-order valence-electron chi connectivity index (χ4n) is 0.647. The van der Waals surface area contributed by atoms with Crippen molar-refractivity contribution in [1.29, 1.82) is 0 Å². The maximum atomic E-state index is 12.8. The quantitative estimate of drug-likeness (QED) is 0.399. The minimum absolute atomic E-state index is 0.0386. The van der Waals surface area contributed by atoms with E-state index in [2.05, 4.69) is 22.4 Å². The molecule has 1 rings (SSSR count). The van der Waals surface area contributed by atoms with Gasteiger partial charge in [0.25, 0.3) is 0 Å². The lowest BCUT2D eigenvalue weighted by Crippen LogP contribution is -1.76. The van der Waals surface area contributed by atoms with Crippen molar-refractivity contribution in [2.24, 2.45) is 4.99 Å². The first kappa shape index (κ1) is 9.62. The highest BCUT2D eigenvalue weighted by molar-refractivity contribution is 7.78. The van der Waals surface area contributed by atoms with Crippen LogP contribution in [0.25, 0.3) is 0 Å².